The molecule has 0 fully saturated rings. The Morgan fingerprint density at radius 2 is 2.11 bits per heavy atom. The summed E-state index contributed by atoms with van der Waals surface area (Å²) in [7, 11) is 1.85. The molecule has 0 spiro atoms. The van der Waals surface area contributed by atoms with Crippen molar-refractivity contribution >= 4 is 0 Å². The maximum Gasteiger partial charge on any atom is 0.165 e. The zero-order valence-corrected chi connectivity index (χ0v) is 11.6. The molecule has 1 atom stereocenters. The lowest BCUT2D eigenvalue weighted by molar-refractivity contribution is 0.320. The van der Waals surface area contributed by atoms with Gasteiger partial charge in [0, 0.05) is 11.6 Å². The van der Waals surface area contributed by atoms with Gasteiger partial charge in [-0.15, -0.1) is 0 Å². The summed E-state index contributed by atoms with van der Waals surface area (Å²) >= 11 is 0. The van der Waals surface area contributed by atoms with Crippen LogP contribution in [0.5, 0.6) is 5.75 Å². The van der Waals surface area contributed by atoms with E-state index in [1.807, 2.05) is 33.9 Å². The van der Waals surface area contributed by atoms with Crippen molar-refractivity contribution in [2.75, 3.05) is 13.7 Å². The van der Waals surface area contributed by atoms with Crippen LogP contribution in [0, 0.1) is 5.82 Å². The lowest BCUT2D eigenvalue weighted by Crippen LogP contribution is -2.36. The second kappa shape index (κ2) is 6.16. The molecule has 102 valence electrons. The molecule has 1 rings (SSSR count). The van der Waals surface area contributed by atoms with Crippen molar-refractivity contribution in [3.05, 3.63) is 29.6 Å². The quantitative estimate of drug-likeness (QED) is 0.820. The fraction of sp³-hybridized carbons (Fsp3) is 0.571. The molecule has 0 saturated heterocycles. The number of benzene rings is 1. The predicted molar refractivity (Wildman–Crippen MR) is 72.3 cm³/mol. The summed E-state index contributed by atoms with van der Waals surface area (Å²) in [5.41, 5.74) is 6.59. The number of rotatable bonds is 6. The Morgan fingerprint density at radius 1 is 1.44 bits per heavy atom. The topological polar surface area (TPSA) is 47.3 Å². The Morgan fingerprint density at radius 3 is 2.56 bits per heavy atom. The first-order valence-electron chi connectivity index (χ1n) is 6.25. The van der Waals surface area contributed by atoms with Gasteiger partial charge in [0.05, 0.1) is 6.61 Å². The molecule has 0 saturated carbocycles. The summed E-state index contributed by atoms with van der Waals surface area (Å²) in [4.78, 5) is 0. The maximum atomic E-state index is 13.8. The maximum absolute atomic E-state index is 13.8. The third-order valence-electron chi connectivity index (χ3n) is 2.74. The summed E-state index contributed by atoms with van der Waals surface area (Å²) in [6.45, 7) is 6.22. The van der Waals surface area contributed by atoms with E-state index in [4.69, 9.17) is 10.5 Å². The van der Waals surface area contributed by atoms with E-state index in [-0.39, 0.29) is 17.4 Å². The molecule has 4 heteroatoms. The minimum absolute atomic E-state index is 0.0372. The lowest BCUT2D eigenvalue weighted by atomic mass is 9.92. The number of nitrogens with one attached hydrogen (secondary N) is 1. The second-order valence-electron chi connectivity index (χ2n) is 5.16. The molecular formula is C14H23FN2O. The van der Waals surface area contributed by atoms with Gasteiger partial charge in [0.15, 0.2) is 11.6 Å². The van der Waals surface area contributed by atoms with Crippen molar-refractivity contribution in [3.63, 3.8) is 0 Å². The summed E-state index contributed by atoms with van der Waals surface area (Å²) in [5, 5.41) is 3.17. The molecule has 1 unspecified atom stereocenters. The smallest absolute Gasteiger partial charge is 0.165 e. The van der Waals surface area contributed by atoms with Gasteiger partial charge in [-0.1, -0.05) is 6.07 Å². The number of nitrogens with two attached hydrogens (primary N) is 1. The minimum Gasteiger partial charge on any atom is -0.491 e. The number of hydrogen-bond acceptors (Lipinski definition) is 3. The van der Waals surface area contributed by atoms with Gasteiger partial charge in [-0.3, -0.25) is 0 Å². The van der Waals surface area contributed by atoms with Crippen molar-refractivity contribution in [2.24, 2.45) is 5.73 Å². The Hall–Kier alpha value is -1.13. The third-order valence-corrected chi connectivity index (χ3v) is 2.74. The van der Waals surface area contributed by atoms with E-state index in [0.717, 1.165) is 12.0 Å². The third kappa shape index (κ3) is 4.27. The standard InChI is InChI=1S/C14H23FN2O/c1-5-18-13-7-6-10(8-11(13)15)12(17-4)9-14(2,3)16/h6-8,12,17H,5,9,16H2,1-4H3. The molecule has 3 nitrogen and oxygen atoms in total. The van der Waals surface area contributed by atoms with Crippen LogP contribution in [0.25, 0.3) is 0 Å². The molecule has 0 bridgehead atoms. The van der Waals surface area contributed by atoms with Crippen LogP contribution >= 0.6 is 0 Å². The van der Waals surface area contributed by atoms with E-state index in [1.165, 1.54) is 6.07 Å². The van der Waals surface area contributed by atoms with Gasteiger partial charge in [0.1, 0.15) is 0 Å². The van der Waals surface area contributed by atoms with Crippen LogP contribution in [0.1, 0.15) is 38.8 Å². The van der Waals surface area contributed by atoms with Gasteiger partial charge in [0.2, 0.25) is 0 Å². The molecular weight excluding hydrogens is 231 g/mol. The van der Waals surface area contributed by atoms with Crippen LogP contribution in [0.4, 0.5) is 4.39 Å². The Bertz CT molecular complexity index is 388. The highest BCUT2D eigenvalue weighted by Gasteiger charge is 2.20. The highest BCUT2D eigenvalue weighted by molar-refractivity contribution is 5.31. The average Bonchev–Trinajstić information content (AvgIpc) is 2.28. The van der Waals surface area contributed by atoms with E-state index in [9.17, 15) is 4.39 Å². The molecule has 0 aliphatic carbocycles. The minimum atomic E-state index is -0.329. The highest BCUT2D eigenvalue weighted by Crippen LogP contribution is 2.26. The van der Waals surface area contributed by atoms with Crippen molar-refractivity contribution in [1.29, 1.82) is 0 Å². The van der Waals surface area contributed by atoms with Crippen LogP contribution in [0.2, 0.25) is 0 Å². The molecule has 0 aromatic heterocycles. The molecule has 3 N–H and O–H groups in total. The fourth-order valence-corrected chi connectivity index (χ4v) is 1.92. The van der Waals surface area contributed by atoms with E-state index in [0.29, 0.717) is 12.4 Å². The predicted octanol–water partition coefficient (Wildman–Crippen LogP) is 2.61. The zero-order valence-electron chi connectivity index (χ0n) is 11.6. The van der Waals surface area contributed by atoms with Gasteiger partial charge >= 0.3 is 0 Å². The molecule has 1 aromatic carbocycles. The number of ether oxygens (including phenoxy) is 1. The lowest BCUT2D eigenvalue weighted by Gasteiger charge is -2.26. The normalized spacial score (nSPS) is 13.4. The molecule has 0 radical (unpaired) electrons. The first kappa shape index (κ1) is 14.9. The first-order chi connectivity index (χ1) is 8.37. The van der Waals surface area contributed by atoms with E-state index < -0.39 is 0 Å². The largest absolute Gasteiger partial charge is 0.491 e. The SMILES string of the molecule is CCOc1ccc(C(CC(C)(C)N)NC)cc1F. The molecule has 0 heterocycles. The van der Waals surface area contributed by atoms with Gasteiger partial charge < -0.3 is 15.8 Å². The molecule has 0 aliphatic heterocycles. The Balaban J connectivity index is 2.90. The monoisotopic (exact) mass is 254 g/mol. The molecule has 1 aromatic rings. The molecule has 0 aliphatic rings. The summed E-state index contributed by atoms with van der Waals surface area (Å²) in [5.74, 6) is -0.0347. The van der Waals surface area contributed by atoms with Crippen LogP contribution in [-0.2, 0) is 0 Å². The van der Waals surface area contributed by atoms with Crippen LogP contribution in [0.3, 0.4) is 0 Å². The van der Waals surface area contributed by atoms with Crippen LogP contribution in [-0.4, -0.2) is 19.2 Å². The highest BCUT2D eigenvalue weighted by atomic mass is 19.1. The van der Waals surface area contributed by atoms with E-state index in [2.05, 4.69) is 5.32 Å². The average molecular weight is 254 g/mol. The number of halogens is 1. The van der Waals surface area contributed by atoms with Crippen molar-refractivity contribution in [3.8, 4) is 5.75 Å². The van der Waals surface area contributed by atoms with Crippen molar-refractivity contribution < 1.29 is 9.13 Å². The van der Waals surface area contributed by atoms with E-state index >= 15 is 0 Å². The van der Waals surface area contributed by atoms with Crippen LogP contribution in [0.15, 0.2) is 18.2 Å². The Labute approximate surface area is 109 Å². The van der Waals surface area contributed by atoms with Gasteiger partial charge in [-0.25, -0.2) is 4.39 Å². The van der Waals surface area contributed by atoms with Crippen molar-refractivity contribution in [1.82, 2.24) is 5.32 Å². The summed E-state index contributed by atoms with van der Waals surface area (Å²) < 4.78 is 19.0. The van der Waals surface area contributed by atoms with Gasteiger partial charge in [-0.05, 0) is 51.9 Å². The van der Waals surface area contributed by atoms with Gasteiger partial charge in [0.25, 0.3) is 0 Å². The van der Waals surface area contributed by atoms with E-state index in [1.54, 1.807) is 6.07 Å². The first-order valence-corrected chi connectivity index (χ1v) is 6.25. The summed E-state index contributed by atoms with van der Waals surface area (Å²) in [6.07, 6.45) is 0.733. The Kier molecular flexibility index (Phi) is 5.11. The molecule has 0 amide bonds. The zero-order chi connectivity index (χ0) is 13.8. The number of hydrogen-bond donors (Lipinski definition) is 2. The second-order valence-corrected chi connectivity index (χ2v) is 5.16. The van der Waals surface area contributed by atoms with Gasteiger partial charge in [-0.2, -0.15) is 0 Å². The van der Waals surface area contributed by atoms with Crippen LogP contribution < -0.4 is 15.8 Å². The molecule has 18 heavy (non-hydrogen) atoms. The fourth-order valence-electron chi connectivity index (χ4n) is 1.92. The van der Waals surface area contributed by atoms with Crippen molar-refractivity contribution in [2.45, 2.75) is 38.8 Å². The summed E-state index contributed by atoms with van der Waals surface area (Å²) in [6, 6.07) is 5.09.